The molecule has 0 saturated heterocycles. The number of halogens is 6. The number of furan rings is 1. The number of hydrogen-bond acceptors (Lipinski definition) is 7. The van der Waals surface area contributed by atoms with Crippen molar-refractivity contribution in [2.75, 3.05) is 6.54 Å². The fourth-order valence-corrected chi connectivity index (χ4v) is 3.40. The Morgan fingerprint density at radius 1 is 1.00 bits per heavy atom. The fourth-order valence-electron chi connectivity index (χ4n) is 3.40. The highest BCUT2D eigenvalue weighted by Gasteiger charge is 2.38. The summed E-state index contributed by atoms with van der Waals surface area (Å²) in [6.07, 6.45) is -3.00. The van der Waals surface area contributed by atoms with Crippen molar-refractivity contribution >= 4 is 11.9 Å². The summed E-state index contributed by atoms with van der Waals surface area (Å²) in [6, 6.07) is 5.71. The number of hydrogen-bond donors (Lipinski definition) is 2. The van der Waals surface area contributed by atoms with Crippen molar-refractivity contribution in [2.24, 2.45) is 0 Å². The van der Waals surface area contributed by atoms with Gasteiger partial charge in [-0.25, -0.2) is 19.6 Å². The van der Waals surface area contributed by atoms with Crippen molar-refractivity contribution in [1.82, 2.24) is 24.0 Å². The molecule has 0 aliphatic carbocycles. The molecule has 4 rings (SSSR count). The minimum absolute atomic E-state index is 0.0261. The molecule has 0 unspecified atom stereocenters. The molecule has 0 saturated carbocycles. The summed E-state index contributed by atoms with van der Waals surface area (Å²) in [4.78, 5) is 41.4. The molecule has 2 N–H and O–H groups in total. The van der Waals surface area contributed by atoms with Crippen LogP contribution in [-0.4, -0.2) is 65.1 Å². The van der Waals surface area contributed by atoms with Crippen LogP contribution in [0.1, 0.15) is 36.4 Å². The van der Waals surface area contributed by atoms with Crippen LogP contribution >= 0.6 is 0 Å². The molecule has 0 aromatic carbocycles. The molecule has 4 heterocycles. The molecule has 0 atom stereocenters. The van der Waals surface area contributed by atoms with Gasteiger partial charge in [0.05, 0.1) is 31.7 Å². The van der Waals surface area contributed by atoms with Crippen LogP contribution in [0.3, 0.4) is 0 Å². The van der Waals surface area contributed by atoms with E-state index in [9.17, 15) is 31.1 Å². The van der Waals surface area contributed by atoms with Gasteiger partial charge in [0.15, 0.2) is 0 Å². The lowest BCUT2D eigenvalue weighted by Gasteiger charge is -2.18. The van der Waals surface area contributed by atoms with Gasteiger partial charge in [0.1, 0.15) is 17.3 Å². The van der Waals surface area contributed by atoms with Crippen LogP contribution in [0.15, 0.2) is 46.1 Å². The summed E-state index contributed by atoms with van der Waals surface area (Å²) in [6.45, 7) is 5.66. The number of fused-ring (bicyclic) bond motifs is 1. The Hall–Kier alpha value is -4.15. The monoisotopic (exact) mass is 581 g/mol. The van der Waals surface area contributed by atoms with E-state index in [1.807, 2.05) is 22.9 Å². The van der Waals surface area contributed by atoms with E-state index in [0.717, 1.165) is 49.0 Å². The molecule has 0 fully saturated rings. The number of carbonyl (C=O) groups is 2. The van der Waals surface area contributed by atoms with Gasteiger partial charge in [0, 0.05) is 38.0 Å². The minimum atomic E-state index is -5.08. The first-order valence-corrected chi connectivity index (χ1v) is 11.6. The summed E-state index contributed by atoms with van der Waals surface area (Å²) in [7, 11) is 0. The number of aryl methyl sites for hydroxylation is 1. The van der Waals surface area contributed by atoms with E-state index in [2.05, 4.69) is 16.8 Å². The van der Waals surface area contributed by atoms with E-state index in [4.69, 9.17) is 29.2 Å². The average molecular weight is 581 g/mol. The molecule has 0 bridgehead atoms. The lowest BCUT2D eigenvalue weighted by atomic mass is 10.3. The van der Waals surface area contributed by atoms with Crippen LogP contribution < -0.4 is 5.56 Å². The lowest BCUT2D eigenvalue weighted by molar-refractivity contribution is -0.193. The summed E-state index contributed by atoms with van der Waals surface area (Å²) in [5, 5.41) is 14.2. The van der Waals surface area contributed by atoms with Gasteiger partial charge in [-0.05, 0) is 18.6 Å². The summed E-state index contributed by atoms with van der Waals surface area (Å²) < 4.78 is 73.0. The fraction of sp³-hybridized carbons (Fsp3) is 0.435. The maximum Gasteiger partial charge on any atom is 0.490 e. The second-order valence-corrected chi connectivity index (χ2v) is 8.28. The molecule has 0 radical (unpaired) electrons. The Labute approximate surface area is 222 Å². The van der Waals surface area contributed by atoms with Gasteiger partial charge in [-0.3, -0.25) is 14.3 Å². The SMILES string of the molecule is CCc1ccc(CN2CCCn3c(nc(Cn4ccnc4)cc3=O)C2)o1.O=C(O)C(F)(F)F.O=C(O)C(F)(F)F. The number of rotatable bonds is 5. The Kier molecular flexibility index (Phi) is 11.0. The van der Waals surface area contributed by atoms with Gasteiger partial charge in [0.25, 0.3) is 5.56 Å². The van der Waals surface area contributed by atoms with Gasteiger partial charge in [-0.1, -0.05) is 6.92 Å². The van der Waals surface area contributed by atoms with Gasteiger partial charge in [-0.15, -0.1) is 0 Å². The summed E-state index contributed by atoms with van der Waals surface area (Å²) in [5.74, 6) is -2.72. The first-order valence-electron chi connectivity index (χ1n) is 11.6. The van der Waals surface area contributed by atoms with E-state index >= 15 is 0 Å². The highest BCUT2D eigenvalue weighted by atomic mass is 19.4. The zero-order valence-corrected chi connectivity index (χ0v) is 20.9. The second-order valence-electron chi connectivity index (χ2n) is 8.28. The molecule has 40 heavy (non-hydrogen) atoms. The number of aliphatic carboxylic acids is 2. The van der Waals surface area contributed by atoms with E-state index < -0.39 is 24.3 Å². The first-order chi connectivity index (χ1) is 18.6. The predicted octanol–water partition coefficient (Wildman–Crippen LogP) is 3.32. The van der Waals surface area contributed by atoms with Crippen molar-refractivity contribution < 1.29 is 50.6 Å². The molecule has 3 aromatic heterocycles. The van der Waals surface area contributed by atoms with Crippen LogP contribution in [-0.2, 0) is 42.2 Å². The normalized spacial score (nSPS) is 13.7. The first kappa shape index (κ1) is 32.1. The topological polar surface area (TPSA) is 144 Å². The lowest BCUT2D eigenvalue weighted by Crippen LogP contribution is -2.27. The van der Waals surface area contributed by atoms with Crippen LogP contribution in [0.5, 0.6) is 0 Å². The highest BCUT2D eigenvalue weighted by molar-refractivity contribution is 5.73. The molecule has 0 spiro atoms. The van der Waals surface area contributed by atoms with Crippen LogP contribution in [0.4, 0.5) is 26.3 Å². The minimum Gasteiger partial charge on any atom is -0.475 e. The van der Waals surface area contributed by atoms with Gasteiger partial charge < -0.3 is 19.2 Å². The third-order valence-corrected chi connectivity index (χ3v) is 5.20. The maximum atomic E-state index is 12.5. The highest BCUT2D eigenvalue weighted by Crippen LogP contribution is 2.16. The van der Waals surface area contributed by atoms with Crippen LogP contribution in [0.2, 0.25) is 0 Å². The van der Waals surface area contributed by atoms with Crippen molar-refractivity contribution in [1.29, 1.82) is 0 Å². The van der Waals surface area contributed by atoms with E-state index in [0.29, 0.717) is 19.6 Å². The number of carboxylic acid groups (broad SMARTS) is 2. The smallest absolute Gasteiger partial charge is 0.475 e. The van der Waals surface area contributed by atoms with Crippen molar-refractivity contribution in [2.45, 2.75) is 58.3 Å². The second kappa shape index (κ2) is 13.8. The van der Waals surface area contributed by atoms with Gasteiger partial charge in [0.2, 0.25) is 0 Å². The zero-order valence-electron chi connectivity index (χ0n) is 20.9. The maximum absolute atomic E-state index is 12.5. The number of nitrogens with zero attached hydrogens (tertiary/aromatic N) is 5. The summed E-state index contributed by atoms with van der Waals surface area (Å²) >= 11 is 0. The Bertz CT molecular complexity index is 1290. The number of carboxylic acids is 2. The molecular weight excluding hydrogens is 556 g/mol. The third-order valence-electron chi connectivity index (χ3n) is 5.20. The van der Waals surface area contributed by atoms with Crippen LogP contribution in [0, 0.1) is 0 Å². The Morgan fingerprint density at radius 3 is 2.10 bits per heavy atom. The molecule has 1 aliphatic rings. The zero-order chi connectivity index (χ0) is 30.1. The van der Waals surface area contributed by atoms with Crippen LogP contribution in [0.25, 0.3) is 0 Å². The van der Waals surface area contributed by atoms with Gasteiger partial charge >= 0.3 is 24.3 Å². The molecular formula is C23H25F6N5O6. The Morgan fingerprint density at radius 2 is 1.60 bits per heavy atom. The van der Waals surface area contributed by atoms with E-state index in [1.165, 1.54) is 0 Å². The van der Waals surface area contributed by atoms with E-state index in [1.54, 1.807) is 23.2 Å². The molecule has 1 aliphatic heterocycles. The van der Waals surface area contributed by atoms with E-state index in [-0.39, 0.29) is 5.56 Å². The molecule has 3 aromatic rings. The van der Waals surface area contributed by atoms with Crippen molar-refractivity contribution in [3.8, 4) is 0 Å². The number of alkyl halides is 6. The van der Waals surface area contributed by atoms with Crippen molar-refractivity contribution in [3.05, 3.63) is 70.3 Å². The number of aromatic nitrogens is 4. The van der Waals surface area contributed by atoms with Gasteiger partial charge in [-0.2, -0.15) is 26.3 Å². The van der Waals surface area contributed by atoms with Crippen molar-refractivity contribution in [3.63, 3.8) is 0 Å². The average Bonchev–Trinajstić information content (AvgIpc) is 3.47. The molecule has 17 heteroatoms. The molecule has 11 nitrogen and oxygen atoms in total. The molecule has 220 valence electrons. The Balaban J connectivity index is 0.000000333. The standard InChI is InChI=1S/C19H23N5O2.2C2HF3O2/c1-2-16-4-5-17(26-16)12-22-7-3-8-24-18(13-22)21-15(10-19(24)25)11-23-9-6-20-14-23;2*3-2(4,5)1(6)7/h4-6,9-10,14H,2-3,7-8,11-13H2,1H3;2*(H,6,7). The quantitative estimate of drug-likeness (QED) is 0.434. The largest absolute Gasteiger partial charge is 0.490 e. The third kappa shape index (κ3) is 10.2. The summed E-state index contributed by atoms with van der Waals surface area (Å²) in [5.41, 5.74) is 0.797. The molecule has 0 amide bonds. The predicted molar refractivity (Wildman–Crippen MR) is 124 cm³/mol. The number of imidazole rings is 1.